The van der Waals surface area contributed by atoms with Crippen LogP contribution in [0, 0.1) is 11.8 Å². The lowest BCUT2D eigenvalue weighted by Crippen LogP contribution is -2.15. The Morgan fingerprint density at radius 1 is 1.69 bits per heavy atom. The summed E-state index contributed by atoms with van der Waals surface area (Å²) in [5.41, 5.74) is 0. The van der Waals surface area contributed by atoms with Gasteiger partial charge in [-0.15, -0.1) is 10.2 Å². The van der Waals surface area contributed by atoms with E-state index in [4.69, 9.17) is 0 Å². The van der Waals surface area contributed by atoms with Crippen molar-refractivity contribution >= 4 is 0 Å². The zero-order valence-corrected chi connectivity index (χ0v) is 7.88. The number of rotatable bonds is 3. The Morgan fingerprint density at radius 3 is 2.85 bits per heavy atom. The largest absolute Gasteiger partial charge is 0.392 e. The van der Waals surface area contributed by atoms with Crippen LogP contribution < -0.4 is 0 Å². The molecule has 13 heavy (non-hydrogen) atoms. The Balaban J connectivity index is 1.91. The van der Waals surface area contributed by atoms with Crippen LogP contribution in [-0.2, 0) is 13.5 Å². The van der Waals surface area contributed by atoms with Crippen molar-refractivity contribution in [1.82, 2.24) is 20.2 Å². The third kappa shape index (κ3) is 1.85. The van der Waals surface area contributed by atoms with Crippen molar-refractivity contribution in [3.05, 3.63) is 5.82 Å². The minimum atomic E-state index is -0.292. The third-order valence-electron chi connectivity index (χ3n) is 2.61. The smallest absolute Gasteiger partial charge is 0.177 e. The van der Waals surface area contributed by atoms with Crippen LogP contribution in [0.5, 0.6) is 0 Å². The number of nitrogens with zero attached hydrogens (tertiary/aromatic N) is 4. The van der Waals surface area contributed by atoms with Gasteiger partial charge in [0, 0.05) is 6.42 Å². The molecule has 72 valence electrons. The Hall–Kier alpha value is -0.970. The third-order valence-corrected chi connectivity index (χ3v) is 2.61. The first-order chi connectivity index (χ1) is 6.16. The van der Waals surface area contributed by atoms with E-state index in [1.807, 2.05) is 0 Å². The number of aliphatic hydroxyl groups is 1. The fourth-order valence-electron chi connectivity index (χ4n) is 1.63. The molecular weight excluding hydrogens is 168 g/mol. The molecule has 1 N–H and O–H groups in total. The maximum atomic E-state index is 9.71. The predicted octanol–water partition coefficient (Wildman–Crippen LogP) is -0.231. The van der Waals surface area contributed by atoms with Gasteiger partial charge in [0.25, 0.3) is 0 Å². The zero-order valence-electron chi connectivity index (χ0n) is 7.88. The lowest BCUT2D eigenvalue weighted by atomic mass is 10.1. The van der Waals surface area contributed by atoms with Crippen molar-refractivity contribution in [2.24, 2.45) is 18.9 Å². The second kappa shape index (κ2) is 3.06. The summed E-state index contributed by atoms with van der Waals surface area (Å²) < 4.78 is 0. The molecule has 1 heterocycles. The van der Waals surface area contributed by atoms with Crippen molar-refractivity contribution in [2.45, 2.75) is 25.9 Å². The molecule has 0 amide bonds. The van der Waals surface area contributed by atoms with E-state index in [1.54, 1.807) is 7.05 Å². The number of aromatic nitrogens is 4. The molecule has 3 unspecified atom stereocenters. The first-order valence-electron chi connectivity index (χ1n) is 4.57. The van der Waals surface area contributed by atoms with E-state index in [-0.39, 0.29) is 6.10 Å². The molecule has 0 aliphatic heterocycles. The maximum Gasteiger partial charge on any atom is 0.177 e. The van der Waals surface area contributed by atoms with Gasteiger partial charge in [0.2, 0.25) is 0 Å². The van der Waals surface area contributed by atoms with Crippen LogP contribution in [-0.4, -0.2) is 31.4 Å². The molecule has 1 aromatic rings. The second-order valence-corrected chi connectivity index (χ2v) is 3.84. The summed E-state index contributed by atoms with van der Waals surface area (Å²) in [7, 11) is 1.72. The molecule has 5 nitrogen and oxygen atoms in total. The van der Waals surface area contributed by atoms with Crippen molar-refractivity contribution in [3.63, 3.8) is 0 Å². The predicted molar refractivity (Wildman–Crippen MR) is 45.8 cm³/mol. The highest BCUT2D eigenvalue weighted by atomic mass is 16.3. The molecular formula is C8H14N4O. The lowest BCUT2D eigenvalue weighted by molar-refractivity contribution is 0.144. The van der Waals surface area contributed by atoms with Crippen LogP contribution in [0.25, 0.3) is 0 Å². The fourth-order valence-corrected chi connectivity index (χ4v) is 1.63. The van der Waals surface area contributed by atoms with Crippen molar-refractivity contribution < 1.29 is 5.11 Å². The highest BCUT2D eigenvalue weighted by molar-refractivity contribution is 4.93. The van der Waals surface area contributed by atoms with Gasteiger partial charge in [-0.2, -0.15) is 4.80 Å². The van der Waals surface area contributed by atoms with Crippen molar-refractivity contribution in [3.8, 4) is 0 Å². The monoisotopic (exact) mass is 182 g/mol. The van der Waals surface area contributed by atoms with Crippen LogP contribution in [0.4, 0.5) is 0 Å². The molecule has 1 saturated carbocycles. The minimum absolute atomic E-state index is 0.292. The van der Waals surface area contributed by atoms with Gasteiger partial charge in [0.1, 0.15) is 0 Å². The Morgan fingerprint density at radius 2 is 2.38 bits per heavy atom. The number of aliphatic hydroxyl groups excluding tert-OH is 1. The molecule has 1 aliphatic carbocycles. The molecule has 1 fully saturated rings. The topological polar surface area (TPSA) is 63.8 Å². The first-order valence-corrected chi connectivity index (χ1v) is 4.57. The summed E-state index contributed by atoms with van der Waals surface area (Å²) in [6, 6.07) is 0. The quantitative estimate of drug-likeness (QED) is 0.701. The molecule has 3 atom stereocenters. The number of hydrogen-bond acceptors (Lipinski definition) is 4. The summed E-state index contributed by atoms with van der Waals surface area (Å²) in [4.78, 5) is 1.42. The van der Waals surface area contributed by atoms with Crippen LogP contribution in [0.15, 0.2) is 0 Å². The van der Waals surface area contributed by atoms with E-state index in [1.165, 1.54) is 4.80 Å². The van der Waals surface area contributed by atoms with E-state index in [0.717, 1.165) is 6.42 Å². The highest BCUT2D eigenvalue weighted by Crippen LogP contribution is 2.41. The van der Waals surface area contributed by atoms with Gasteiger partial charge in [-0.3, -0.25) is 0 Å². The number of tetrazole rings is 1. The molecule has 5 heteroatoms. The van der Waals surface area contributed by atoms with Gasteiger partial charge in [-0.1, -0.05) is 6.92 Å². The van der Waals surface area contributed by atoms with Gasteiger partial charge in [-0.25, -0.2) is 0 Å². The molecule has 1 aliphatic rings. The summed E-state index contributed by atoms with van der Waals surface area (Å²) in [6.07, 6.45) is 1.36. The summed E-state index contributed by atoms with van der Waals surface area (Å²) in [5.74, 6) is 1.74. The zero-order chi connectivity index (χ0) is 9.42. The van der Waals surface area contributed by atoms with Crippen molar-refractivity contribution in [2.75, 3.05) is 0 Å². The molecule has 0 bridgehead atoms. The number of hydrogen-bond donors (Lipinski definition) is 1. The van der Waals surface area contributed by atoms with Crippen molar-refractivity contribution in [1.29, 1.82) is 0 Å². The Kier molecular flexibility index (Phi) is 2.03. The lowest BCUT2D eigenvalue weighted by Gasteiger charge is -2.05. The van der Waals surface area contributed by atoms with E-state index < -0.39 is 0 Å². The number of aryl methyl sites for hydroxylation is 1. The summed E-state index contributed by atoms with van der Waals surface area (Å²) in [5, 5.41) is 21.3. The van der Waals surface area contributed by atoms with E-state index in [2.05, 4.69) is 22.3 Å². The molecule has 1 aromatic heterocycles. The van der Waals surface area contributed by atoms with Crippen LogP contribution in [0.1, 0.15) is 19.2 Å². The molecule has 0 saturated heterocycles. The fraction of sp³-hybridized carbons (Fsp3) is 0.875. The SMILES string of the molecule is CC1CC1C(O)Cc1nnn(C)n1. The maximum absolute atomic E-state index is 9.71. The van der Waals surface area contributed by atoms with E-state index in [9.17, 15) is 5.11 Å². The van der Waals surface area contributed by atoms with Gasteiger partial charge >= 0.3 is 0 Å². The molecule has 0 radical (unpaired) electrons. The first kappa shape index (κ1) is 8.62. The Labute approximate surface area is 76.8 Å². The van der Waals surface area contributed by atoms with Gasteiger partial charge < -0.3 is 5.11 Å². The normalized spacial score (nSPS) is 28.8. The van der Waals surface area contributed by atoms with Gasteiger partial charge in [0.15, 0.2) is 5.82 Å². The summed E-state index contributed by atoms with van der Waals surface area (Å²) >= 11 is 0. The second-order valence-electron chi connectivity index (χ2n) is 3.84. The average molecular weight is 182 g/mol. The minimum Gasteiger partial charge on any atom is -0.392 e. The van der Waals surface area contributed by atoms with Gasteiger partial charge in [0.05, 0.1) is 13.2 Å². The Bertz CT molecular complexity index is 298. The van der Waals surface area contributed by atoms with E-state index in [0.29, 0.717) is 24.1 Å². The highest BCUT2D eigenvalue weighted by Gasteiger charge is 2.38. The molecule has 0 spiro atoms. The van der Waals surface area contributed by atoms with E-state index >= 15 is 0 Å². The average Bonchev–Trinajstić information content (AvgIpc) is 2.66. The van der Waals surface area contributed by atoms with Crippen LogP contribution in [0.2, 0.25) is 0 Å². The van der Waals surface area contributed by atoms with Gasteiger partial charge in [-0.05, 0) is 23.5 Å². The summed E-state index contributed by atoms with van der Waals surface area (Å²) in [6.45, 7) is 2.15. The van der Waals surface area contributed by atoms with Crippen LogP contribution in [0.3, 0.4) is 0 Å². The standard InChI is InChI=1S/C8H14N4O/c1-5-3-6(5)7(13)4-8-9-11-12(2)10-8/h5-7,13H,3-4H2,1-2H3. The van der Waals surface area contributed by atoms with Crippen LogP contribution >= 0.6 is 0 Å². The molecule has 0 aromatic carbocycles. The molecule has 2 rings (SSSR count).